The Bertz CT molecular complexity index is 1390. The van der Waals surface area contributed by atoms with E-state index in [0.29, 0.717) is 26.8 Å². The second-order valence-electron chi connectivity index (χ2n) is 7.08. The first-order valence-electron chi connectivity index (χ1n) is 9.28. The predicted molar refractivity (Wildman–Crippen MR) is 114 cm³/mol. The van der Waals surface area contributed by atoms with E-state index in [4.69, 9.17) is 8.83 Å². The number of hydrogen-bond donors (Lipinski definition) is 0. The van der Waals surface area contributed by atoms with Gasteiger partial charge in [0.25, 0.3) is 11.6 Å². The number of carbonyl (C=O) groups is 1. The number of hydrogen-bond acceptors (Lipinski definition) is 6. The zero-order valence-electron chi connectivity index (χ0n) is 15.8. The molecular weight excluding hydrogens is 468 g/mol. The van der Waals surface area contributed by atoms with Crippen LogP contribution in [0.1, 0.15) is 33.5 Å². The predicted octanol–water partition coefficient (Wildman–Crippen LogP) is 4.80. The topological polar surface area (TPSA) is 107 Å². The minimum Gasteiger partial charge on any atom is -0.467 e. The van der Waals surface area contributed by atoms with E-state index in [0.717, 1.165) is 0 Å². The normalized spacial score (nSPS) is 15.5. The minimum absolute atomic E-state index is 0.0327. The molecule has 0 fully saturated rings. The summed E-state index contributed by atoms with van der Waals surface area (Å²) in [6.45, 7) is 0.108. The summed E-state index contributed by atoms with van der Waals surface area (Å²) in [4.78, 5) is 38.7. The molecule has 0 unspecified atom stereocenters. The Morgan fingerprint density at radius 1 is 1.10 bits per heavy atom. The molecule has 5 rings (SSSR count). The average molecular weight is 481 g/mol. The van der Waals surface area contributed by atoms with Gasteiger partial charge in [-0.1, -0.05) is 15.9 Å². The smallest absolute Gasteiger partial charge is 0.291 e. The summed E-state index contributed by atoms with van der Waals surface area (Å²) >= 11 is 3.36. The number of fused-ring (bicyclic) bond motifs is 2. The number of nitrogens with zero attached hydrogens (tertiary/aromatic N) is 2. The van der Waals surface area contributed by atoms with E-state index in [-0.39, 0.29) is 29.0 Å². The molecule has 8 nitrogen and oxygen atoms in total. The van der Waals surface area contributed by atoms with Crippen molar-refractivity contribution in [1.29, 1.82) is 0 Å². The van der Waals surface area contributed by atoms with Gasteiger partial charge in [-0.2, -0.15) is 0 Å². The molecule has 0 aliphatic carbocycles. The van der Waals surface area contributed by atoms with Crippen molar-refractivity contribution in [2.75, 3.05) is 0 Å². The monoisotopic (exact) mass is 480 g/mol. The molecule has 31 heavy (non-hydrogen) atoms. The standard InChI is InChI=1S/C22H13BrN2O6/c23-13-5-8-17-16(10-13)20(26)18-19(12-3-6-14(7-4-12)25(28)29)24(22(27)21(18)31-17)11-15-2-1-9-30-15/h1-10,19H,11H2/t19-/m1/s1. The highest BCUT2D eigenvalue weighted by Gasteiger charge is 2.43. The van der Waals surface area contributed by atoms with Gasteiger partial charge in [0.05, 0.1) is 34.7 Å². The molecule has 0 N–H and O–H groups in total. The molecule has 9 heteroatoms. The first-order chi connectivity index (χ1) is 14.9. The van der Waals surface area contributed by atoms with Crippen LogP contribution < -0.4 is 5.43 Å². The summed E-state index contributed by atoms with van der Waals surface area (Å²) in [7, 11) is 0. The lowest BCUT2D eigenvalue weighted by molar-refractivity contribution is -0.384. The van der Waals surface area contributed by atoms with Crippen LogP contribution in [0.3, 0.4) is 0 Å². The van der Waals surface area contributed by atoms with Crippen LogP contribution in [0.4, 0.5) is 5.69 Å². The van der Waals surface area contributed by atoms with Crippen molar-refractivity contribution < 1.29 is 18.6 Å². The van der Waals surface area contributed by atoms with Gasteiger partial charge in [-0.3, -0.25) is 19.7 Å². The van der Waals surface area contributed by atoms with Crippen LogP contribution in [0, 0.1) is 10.1 Å². The zero-order valence-corrected chi connectivity index (χ0v) is 17.4. The molecule has 1 aliphatic heterocycles. The van der Waals surface area contributed by atoms with Gasteiger partial charge >= 0.3 is 0 Å². The lowest BCUT2D eigenvalue weighted by Crippen LogP contribution is -2.29. The molecule has 1 aliphatic rings. The number of rotatable bonds is 4. The van der Waals surface area contributed by atoms with Crippen molar-refractivity contribution in [3.05, 3.63) is 108 Å². The molecule has 0 radical (unpaired) electrons. The van der Waals surface area contributed by atoms with Gasteiger partial charge in [0, 0.05) is 16.6 Å². The number of furan rings is 1. The van der Waals surface area contributed by atoms with Crippen molar-refractivity contribution in [1.82, 2.24) is 4.90 Å². The fourth-order valence-corrected chi connectivity index (χ4v) is 4.21. The third-order valence-corrected chi connectivity index (χ3v) is 5.75. The molecule has 0 saturated carbocycles. The fourth-order valence-electron chi connectivity index (χ4n) is 3.85. The van der Waals surface area contributed by atoms with Gasteiger partial charge in [0.2, 0.25) is 5.76 Å². The maximum Gasteiger partial charge on any atom is 0.291 e. The average Bonchev–Trinajstić information content (AvgIpc) is 3.36. The summed E-state index contributed by atoms with van der Waals surface area (Å²) in [6.07, 6.45) is 1.50. The maximum absolute atomic E-state index is 13.4. The Morgan fingerprint density at radius 3 is 2.55 bits per heavy atom. The highest BCUT2D eigenvalue weighted by molar-refractivity contribution is 9.10. The van der Waals surface area contributed by atoms with Gasteiger partial charge in [0.15, 0.2) is 5.43 Å². The molecule has 0 saturated heterocycles. The molecule has 154 valence electrons. The van der Waals surface area contributed by atoms with Crippen LogP contribution >= 0.6 is 15.9 Å². The Kier molecular flexibility index (Phi) is 4.48. The van der Waals surface area contributed by atoms with Gasteiger partial charge in [-0.05, 0) is 48.0 Å². The molecule has 2 aromatic carbocycles. The summed E-state index contributed by atoms with van der Waals surface area (Å²) in [5, 5.41) is 11.4. The number of non-ortho nitro benzene ring substituents is 1. The van der Waals surface area contributed by atoms with E-state index in [2.05, 4.69) is 15.9 Å². The highest BCUT2D eigenvalue weighted by Crippen LogP contribution is 2.39. The van der Waals surface area contributed by atoms with Crippen LogP contribution in [0.15, 0.2) is 79.0 Å². The molecule has 4 aromatic rings. The molecular formula is C22H13BrN2O6. The van der Waals surface area contributed by atoms with Crippen LogP contribution in [0.25, 0.3) is 11.0 Å². The first-order valence-corrected chi connectivity index (χ1v) is 10.1. The number of carbonyl (C=O) groups excluding carboxylic acids is 1. The Hall–Kier alpha value is -3.72. The van der Waals surface area contributed by atoms with Crippen molar-refractivity contribution in [3.63, 3.8) is 0 Å². The highest BCUT2D eigenvalue weighted by atomic mass is 79.9. The maximum atomic E-state index is 13.4. The second kappa shape index (κ2) is 7.21. The summed E-state index contributed by atoms with van der Waals surface area (Å²) in [5.41, 5.74) is 0.668. The minimum atomic E-state index is -0.770. The van der Waals surface area contributed by atoms with E-state index >= 15 is 0 Å². The third kappa shape index (κ3) is 3.14. The number of nitro benzene ring substituents is 1. The van der Waals surface area contributed by atoms with Crippen molar-refractivity contribution in [2.24, 2.45) is 0 Å². The van der Waals surface area contributed by atoms with Crippen LogP contribution in [-0.4, -0.2) is 15.7 Å². The SMILES string of the molecule is O=C1c2oc3ccc(Br)cc3c(=O)c2[C@@H](c2ccc([N+](=O)[O-])cc2)N1Cc1ccco1. The van der Waals surface area contributed by atoms with E-state index in [1.54, 1.807) is 42.5 Å². The number of benzene rings is 2. The molecule has 1 atom stereocenters. The first kappa shape index (κ1) is 19.3. The van der Waals surface area contributed by atoms with E-state index in [9.17, 15) is 19.7 Å². The number of halogens is 1. The van der Waals surface area contributed by atoms with E-state index in [1.165, 1.54) is 23.3 Å². The fraction of sp³-hybridized carbons (Fsp3) is 0.0909. The Balaban J connectivity index is 1.73. The summed E-state index contributed by atoms with van der Waals surface area (Å²) < 4.78 is 12.0. The number of amides is 1. The molecule has 1 amide bonds. The van der Waals surface area contributed by atoms with Gasteiger partial charge in [0.1, 0.15) is 11.3 Å². The van der Waals surface area contributed by atoms with Gasteiger partial charge in [-0.25, -0.2) is 0 Å². The Labute approximate surface area is 183 Å². The third-order valence-electron chi connectivity index (χ3n) is 5.25. The van der Waals surface area contributed by atoms with E-state index < -0.39 is 16.9 Å². The molecule has 0 spiro atoms. The molecule has 3 heterocycles. The zero-order chi connectivity index (χ0) is 21.7. The van der Waals surface area contributed by atoms with Crippen LogP contribution in [-0.2, 0) is 6.54 Å². The van der Waals surface area contributed by atoms with Crippen molar-refractivity contribution in [2.45, 2.75) is 12.6 Å². The van der Waals surface area contributed by atoms with Gasteiger partial charge in [-0.15, -0.1) is 0 Å². The lowest BCUT2D eigenvalue weighted by atomic mass is 9.98. The quantitative estimate of drug-likeness (QED) is 0.306. The summed E-state index contributed by atoms with van der Waals surface area (Å²) in [5.74, 6) is 0.0548. The second-order valence-corrected chi connectivity index (χ2v) is 7.99. The van der Waals surface area contributed by atoms with Gasteiger partial charge < -0.3 is 13.7 Å². The summed E-state index contributed by atoms with van der Waals surface area (Å²) in [6, 6.07) is 13.5. The Morgan fingerprint density at radius 2 is 1.87 bits per heavy atom. The largest absolute Gasteiger partial charge is 0.467 e. The lowest BCUT2D eigenvalue weighted by Gasteiger charge is -2.24. The van der Waals surface area contributed by atoms with Crippen molar-refractivity contribution >= 4 is 38.5 Å². The molecule has 2 aromatic heterocycles. The van der Waals surface area contributed by atoms with E-state index in [1.807, 2.05) is 0 Å². The van der Waals surface area contributed by atoms with Crippen LogP contribution in [0.5, 0.6) is 0 Å². The molecule has 0 bridgehead atoms. The van der Waals surface area contributed by atoms with Crippen molar-refractivity contribution in [3.8, 4) is 0 Å². The number of nitro groups is 1. The van der Waals surface area contributed by atoms with Crippen LogP contribution in [0.2, 0.25) is 0 Å².